The number of carboxylic acid groups (broad SMARTS) is 1. The second kappa shape index (κ2) is 20.5. The number of carbonyl (C=O) groups is 7. The molecule has 3 fully saturated rings. The van der Waals surface area contributed by atoms with E-state index in [-0.39, 0.29) is 37.3 Å². The Labute approximate surface area is 307 Å². The van der Waals surface area contributed by atoms with Crippen LogP contribution in [-0.4, -0.2) is 117 Å². The highest BCUT2D eigenvalue weighted by atomic mass is 16.4. The monoisotopic (exact) mass is 734 g/mol. The second-order valence-electron chi connectivity index (χ2n) is 15.4. The van der Waals surface area contributed by atoms with Crippen LogP contribution in [0.2, 0.25) is 0 Å². The summed E-state index contributed by atoms with van der Waals surface area (Å²) in [5.41, 5.74) is 0. The molecule has 0 spiro atoms. The number of amides is 6. The Morgan fingerprint density at radius 1 is 0.788 bits per heavy atom. The fourth-order valence-corrected chi connectivity index (χ4v) is 7.61. The highest BCUT2D eigenvalue weighted by molar-refractivity contribution is 5.98. The van der Waals surface area contributed by atoms with Crippen molar-refractivity contribution in [2.45, 2.75) is 154 Å². The van der Waals surface area contributed by atoms with Crippen molar-refractivity contribution >= 4 is 41.4 Å². The molecule has 1 saturated carbocycles. The van der Waals surface area contributed by atoms with E-state index < -0.39 is 78.2 Å². The number of carboxylic acids is 1. The number of aliphatic carboxylic acids is 1. The van der Waals surface area contributed by atoms with Gasteiger partial charge in [0.1, 0.15) is 30.2 Å². The first-order valence-corrected chi connectivity index (χ1v) is 19.3. The molecule has 0 aromatic carbocycles. The maximum Gasteiger partial charge on any atom is 0.305 e. The lowest BCUT2D eigenvalue weighted by Crippen LogP contribution is -2.61. The molecule has 6 amide bonds. The number of aliphatic hydroxyl groups excluding tert-OH is 1. The van der Waals surface area contributed by atoms with Crippen LogP contribution in [0.5, 0.6) is 0 Å². The molecule has 15 heteroatoms. The summed E-state index contributed by atoms with van der Waals surface area (Å²) in [6.07, 6.45) is 7.33. The van der Waals surface area contributed by atoms with E-state index >= 15 is 0 Å². The highest BCUT2D eigenvalue weighted by Crippen LogP contribution is 2.28. The van der Waals surface area contributed by atoms with E-state index in [1.54, 1.807) is 0 Å². The molecule has 52 heavy (non-hydrogen) atoms. The highest BCUT2D eigenvalue weighted by Gasteiger charge is 2.44. The van der Waals surface area contributed by atoms with Crippen LogP contribution in [0.25, 0.3) is 0 Å². The van der Waals surface area contributed by atoms with Crippen LogP contribution in [0.1, 0.15) is 118 Å². The van der Waals surface area contributed by atoms with Gasteiger partial charge in [-0.05, 0) is 63.2 Å². The van der Waals surface area contributed by atoms with E-state index in [9.17, 15) is 43.8 Å². The van der Waals surface area contributed by atoms with Crippen LogP contribution in [0, 0.1) is 17.8 Å². The summed E-state index contributed by atoms with van der Waals surface area (Å²) in [4.78, 5) is 95.5. The molecule has 2 aliphatic heterocycles. The molecule has 2 saturated heterocycles. The number of hydrogen-bond acceptors (Lipinski definition) is 8. The lowest BCUT2D eigenvalue weighted by Gasteiger charge is -2.38. The van der Waals surface area contributed by atoms with Crippen molar-refractivity contribution in [2.75, 3.05) is 19.6 Å². The van der Waals surface area contributed by atoms with Crippen molar-refractivity contribution in [2.24, 2.45) is 17.8 Å². The van der Waals surface area contributed by atoms with E-state index in [4.69, 9.17) is 0 Å². The van der Waals surface area contributed by atoms with Gasteiger partial charge in [0.05, 0.1) is 12.5 Å². The number of likely N-dealkylation sites (tertiary alicyclic amines) is 2. The van der Waals surface area contributed by atoms with Gasteiger partial charge in [-0.1, -0.05) is 59.8 Å². The number of nitrogens with zero attached hydrogens (tertiary/aromatic N) is 2. The normalized spacial score (nSPS) is 23.2. The standard InChI is InChI=1S/C37H62N6O9/c1-6-17-38-35(50)32(24(5)44)41-34(49)28-19-23(4)21-43(28)36(51)26(20-30(46)47)39-33(48)27-14-10-11-18-42(27)37(52)31(22(2)3)40-29(45)16-15-25-12-8-7-9-13-25/h22-28,31-32,44H,6-21H2,1-5H3,(H,38,50)(H,39,48)(H,40,45)(H,41,49)(H,46,47)/t23?,24-,26+,27+,28+,31+,32+/m1/s1. The average Bonchev–Trinajstić information content (AvgIpc) is 3.51. The van der Waals surface area contributed by atoms with Crippen molar-refractivity contribution in [1.29, 1.82) is 0 Å². The minimum Gasteiger partial charge on any atom is -0.481 e. The minimum atomic E-state index is -1.54. The lowest BCUT2D eigenvalue weighted by molar-refractivity contribution is -0.149. The van der Waals surface area contributed by atoms with Crippen molar-refractivity contribution < 1.29 is 43.8 Å². The largest absolute Gasteiger partial charge is 0.481 e. The molecule has 1 unspecified atom stereocenters. The summed E-state index contributed by atoms with van der Waals surface area (Å²) in [6.45, 7) is 9.42. The zero-order valence-corrected chi connectivity index (χ0v) is 31.7. The fraction of sp³-hybridized carbons (Fsp3) is 0.811. The third-order valence-corrected chi connectivity index (χ3v) is 10.5. The molecule has 0 aromatic heterocycles. The van der Waals surface area contributed by atoms with Gasteiger partial charge in [0.25, 0.3) is 0 Å². The van der Waals surface area contributed by atoms with Crippen LogP contribution >= 0.6 is 0 Å². The number of rotatable bonds is 17. The predicted octanol–water partition coefficient (Wildman–Crippen LogP) is 1.46. The summed E-state index contributed by atoms with van der Waals surface area (Å²) >= 11 is 0. The molecule has 294 valence electrons. The van der Waals surface area contributed by atoms with Crippen molar-refractivity contribution in [3.05, 3.63) is 0 Å². The van der Waals surface area contributed by atoms with E-state index in [1.807, 2.05) is 27.7 Å². The predicted molar refractivity (Wildman–Crippen MR) is 192 cm³/mol. The van der Waals surface area contributed by atoms with E-state index in [2.05, 4.69) is 21.3 Å². The first-order chi connectivity index (χ1) is 24.6. The molecule has 7 atom stereocenters. The van der Waals surface area contributed by atoms with Gasteiger partial charge >= 0.3 is 5.97 Å². The number of piperidine rings is 1. The van der Waals surface area contributed by atoms with Crippen LogP contribution in [0.4, 0.5) is 0 Å². The molecule has 0 radical (unpaired) electrons. The summed E-state index contributed by atoms with van der Waals surface area (Å²) in [6, 6.07) is -5.73. The zero-order valence-electron chi connectivity index (χ0n) is 31.7. The zero-order chi connectivity index (χ0) is 38.5. The number of aliphatic hydroxyl groups is 1. The first-order valence-electron chi connectivity index (χ1n) is 19.3. The van der Waals surface area contributed by atoms with Crippen LogP contribution < -0.4 is 21.3 Å². The molecule has 0 bridgehead atoms. The van der Waals surface area contributed by atoms with E-state index in [0.29, 0.717) is 44.6 Å². The summed E-state index contributed by atoms with van der Waals surface area (Å²) < 4.78 is 0. The van der Waals surface area contributed by atoms with Gasteiger partial charge in [0, 0.05) is 26.1 Å². The van der Waals surface area contributed by atoms with Gasteiger partial charge in [-0.2, -0.15) is 0 Å². The van der Waals surface area contributed by atoms with Gasteiger partial charge in [0.2, 0.25) is 35.4 Å². The fourth-order valence-electron chi connectivity index (χ4n) is 7.61. The lowest BCUT2D eigenvalue weighted by atomic mass is 9.86. The second-order valence-corrected chi connectivity index (χ2v) is 15.4. The van der Waals surface area contributed by atoms with Crippen LogP contribution in [0.3, 0.4) is 0 Å². The smallest absolute Gasteiger partial charge is 0.305 e. The van der Waals surface area contributed by atoms with Gasteiger partial charge in [0.15, 0.2) is 0 Å². The van der Waals surface area contributed by atoms with Crippen LogP contribution in [-0.2, 0) is 33.6 Å². The first kappa shape index (κ1) is 42.7. The Morgan fingerprint density at radius 2 is 1.44 bits per heavy atom. The molecule has 6 N–H and O–H groups in total. The Bertz CT molecular complexity index is 1270. The SMILES string of the molecule is CCCNC(=O)[C@@H](NC(=O)[C@@H]1CC(C)CN1C(=O)[C@H](CC(=O)O)NC(=O)[C@@H]1CCCCN1C(=O)[C@@H](NC(=O)CCC1CCCCC1)C(C)C)[C@@H](C)O. The van der Waals surface area contributed by atoms with E-state index in [1.165, 1.54) is 36.0 Å². The summed E-state index contributed by atoms with van der Waals surface area (Å²) in [5.74, 6) is -4.57. The molecule has 3 rings (SSSR count). The molecule has 1 aliphatic carbocycles. The van der Waals surface area contributed by atoms with E-state index in [0.717, 1.165) is 19.3 Å². The summed E-state index contributed by atoms with van der Waals surface area (Å²) in [7, 11) is 0. The van der Waals surface area contributed by atoms with Crippen molar-refractivity contribution in [3.8, 4) is 0 Å². The molecule has 3 aliphatic rings. The number of hydrogen-bond donors (Lipinski definition) is 6. The molecule has 15 nitrogen and oxygen atoms in total. The van der Waals surface area contributed by atoms with Crippen molar-refractivity contribution in [3.63, 3.8) is 0 Å². The Hall–Kier alpha value is -3.75. The van der Waals surface area contributed by atoms with Gasteiger partial charge in [-0.3, -0.25) is 33.6 Å². The third-order valence-electron chi connectivity index (χ3n) is 10.5. The van der Waals surface area contributed by atoms with Gasteiger partial charge < -0.3 is 41.3 Å². The topological polar surface area (TPSA) is 215 Å². The Morgan fingerprint density at radius 3 is 2.06 bits per heavy atom. The molecular formula is C37H62N6O9. The van der Waals surface area contributed by atoms with Crippen LogP contribution in [0.15, 0.2) is 0 Å². The average molecular weight is 735 g/mol. The Balaban J connectivity index is 1.74. The van der Waals surface area contributed by atoms with Gasteiger partial charge in [-0.15, -0.1) is 0 Å². The number of nitrogens with one attached hydrogen (secondary N) is 4. The maximum absolute atomic E-state index is 14.0. The molecular weight excluding hydrogens is 672 g/mol. The number of carbonyl (C=O) groups excluding carboxylic acids is 6. The minimum absolute atomic E-state index is 0.106. The summed E-state index contributed by atoms with van der Waals surface area (Å²) in [5, 5.41) is 30.7. The Kier molecular flexibility index (Phi) is 16.8. The molecule has 2 heterocycles. The van der Waals surface area contributed by atoms with Crippen molar-refractivity contribution in [1.82, 2.24) is 31.1 Å². The van der Waals surface area contributed by atoms with Gasteiger partial charge in [-0.25, -0.2) is 0 Å². The quantitative estimate of drug-likeness (QED) is 0.127. The maximum atomic E-state index is 14.0. The molecule has 0 aromatic rings. The third kappa shape index (κ3) is 12.2.